The second-order valence-electron chi connectivity index (χ2n) is 6.52. The van der Waals surface area contributed by atoms with Crippen molar-refractivity contribution in [2.45, 2.75) is 20.0 Å². The maximum absolute atomic E-state index is 12.7. The van der Waals surface area contributed by atoms with Gasteiger partial charge in [0.15, 0.2) is 0 Å². The van der Waals surface area contributed by atoms with Gasteiger partial charge in [0.05, 0.1) is 17.7 Å². The molecule has 2 amide bonds. The molecule has 0 bridgehead atoms. The number of amides is 2. The highest BCUT2D eigenvalue weighted by molar-refractivity contribution is 7.07. The molecule has 1 N–H and O–H groups in total. The molecule has 3 aromatic rings. The molecular formula is C22H23N3O3S. The zero-order valence-corrected chi connectivity index (χ0v) is 17.2. The number of nitrogens with zero attached hydrogens (tertiary/aromatic N) is 2. The van der Waals surface area contributed by atoms with Crippen LogP contribution in [0.5, 0.6) is 5.75 Å². The van der Waals surface area contributed by atoms with Crippen LogP contribution >= 0.6 is 11.3 Å². The molecule has 6 nitrogen and oxygen atoms in total. The molecule has 1 heterocycles. The minimum Gasteiger partial charge on any atom is -0.487 e. The largest absolute Gasteiger partial charge is 0.487 e. The zero-order chi connectivity index (χ0) is 20.6. The lowest BCUT2D eigenvalue weighted by Crippen LogP contribution is -2.35. The summed E-state index contributed by atoms with van der Waals surface area (Å²) in [6.07, 6.45) is 0.818. The van der Waals surface area contributed by atoms with E-state index < -0.39 is 0 Å². The average molecular weight is 410 g/mol. The summed E-state index contributed by atoms with van der Waals surface area (Å²) in [5.74, 6) is 0.0966. The number of para-hydroxylation sites is 1. The predicted octanol–water partition coefficient (Wildman–Crippen LogP) is 4.00. The monoisotopic (exact) mass is 409 g/mol. The van der Waals surface area contributed by atoms with Crippen molar-refractivity contribution in [3.05, 3.63) is 76.2 Å². The van der Waals surface area contributed by atoms with Gasteiger partial charge in [-0.25, -0.2) is 4.98 Å². The summed E-state index contributed by atoms with van der Waals surface area (Å²) in [4.78, 5) is 30.7. The third-order valence-corrected chi connectivity index (χ3v) is 4.99. The standard InChI is InChI=1S/C22H23N3O3S/c1-3-16-7-4-5-10-20(16)24-21(26)12-25(2)22(27)17-8-6-9-19(11-17)28-13-18-14-29-15-23-18/h4-11,14-15H,3,12-13H2,1-2H3,(H,24,26). The number of anilines is 1. The van der Waals surface area contributed by atoms with Crippen molar-refractivity contribution < 1.29 is 14.3 Å². The number of carbonyl (C=O) groups excluding carboxylic acids is 2. The topological polar surface area (TPSA) is 71.5 Å². The molecule has 29 heavy (non-hydrogen) atoms. The van der Waals surface area contributed by atoms with E-state index in [2.05, 4.69) is 10.3 Å². The first-order chi connectivity index (χ1) is 14.1. The summed E-state index contributed by atoms with van der Waals surface area (Å²) in [5, 5.41) is 4.80. The number of hydrogen-bond donors (Lipinski definition) is 1. The molecule has 0 fully saturated rings. The summed E-state index contributed by atoms with van der Waals surface area (Å²) in [6, 6.07) is 14.6. The van der Waals surface area contributed by atoms with Crippen LogP contribution in [0.25, 0.3) is 0 Å². The van der Waals surface area contributed by atoms with E-state index in [0.29, 0.717) is 17.9 Å². The Kier molecular flexibility index (Phi) is 6.97. The fourth-order valence-electron chi connectivity index (χ4n) is 2.83. The Balaban J connectivity index is 1.59. The number of hydrogen-bond acceptors (Lipinski definition) is 5. The van der Waals surface area contributed by atoms with E-state index in [9.17, 15) is 9.59 Å². The number of ether oxygens (including phenoxy) is 1. The van der Waals surface area contributed by atoms with Gasteiger partial charge in [-0.1, -0.05) is 31.2 Å². The molecule has 0 aliphatic carbocycles. The molecule has 0 saturated carbocycles. The number of rotatable bonds is 8. The third-order valence-electron chi connectivity index (χ3n) is 4.35. The van der Waals surface area contributed by atoms with Gasteiger partial charge >= 0.3 is 0 Å². The van der Waals surface area contributed by atoms with E-state index in [1.165, 1.54) is 16.2 Å². The number of aryl methyl sites for hydroxylation is 1. The van der Waals surface area contributed by atoms with Crippen LogP contribution in [-0.2, 0) is 17.8 Å². The Hall–Kier alpha value is -3.19. The first-order valence-electron chi connectivity index (χ1n) is 9.30. The fourth-order valence-corrected chi connectivity index (χ4v) is 3.38. The molecule has 0 aliphatic rings. The van der Waals surface area contributed by atoms with Crippen LogP contribution in [0.4, 0.5) is 5.69 Å². The van der Waals surface area contributed by atoms with Crippen molar-refractivity contribution in [3.63, 3.8) is 0 Å². The van der Waals surface area contributed by atoms with Crippen LogP contribution in [0.15, 0.2) is 59.4 Å². The predicted molar refractivity (Wildman–Crippen MR) is 114 cm³/mol. The second-order valence-corrected chi connectivity index (χ2v) is 7.24. The number of nitrogens with one attached hydrogen (secondary N) is 1. The van der Waals surface area contributed by atoms with Gasteiger partial charge < -0.3 is 15.0 Å². The van der Waals surface area contributed by atoms with Crippen molar-refractivity contribution in [1.82, 2.24) is 9.88 Å². The first-order valence-corrected chi connectivity index (χ1v) is 10.2. The molecule has 7 heteroatoms. The lowest BCUT2D eigenvalue weighted by Gasteiger charge is -2.18. The Bertz CT molecular complexity index is 973. The number of benzene rings is 2. The minimum atomic E-state index is -0.247. The molecule has 150 valence electrons. The number of thiazole rings is 1. The Labute approximate surface area is 174 Å². The van der Waals surface area contributed by atoms with Gasteiger partial charge in [-0.3, -0.25) is 9.59 Å². The normalized spacial score (nSPS) is 10.4. The molecule has 0 saturated heterocycles. The highest BCUT2D eigenvalue weighted by Crippen LogP contribution is 2.17. The van der Waals surface area contributed by atoms with Crippen molar-refractivity contribution in [2.24, 2.45) is 0 Å². The smallest absolute Gasteiger partial charge is 0.254 e. The molecule has 0 radical (unpaired) electrons. The molecule has 0 aliphatic heterocycles. The summed E-state index contributed by atoms with van der Waals surface area (Å²) >= 11 is 1.51. The van der Waals surface area contributed by atoms with Gasteiger partial charge in [-0.2, -0.15) is 0 Å². The molecule has 0 unspecified atom stereocenters. The van der Waals surface area contributed by atoms with E-state index >= 15 is 0 Å². The summed E-state index contributed by atoms with van der Waals surface area (Å²) in [6.45, 7) is 2.33. The van der Waals surface area contributed by atoms with Gasteiger partial charge in [-0.15, -0.1) is 11.3 Å². The molecule has 3 rings (SSSR count). The van der Waals surface area contributed by atoms with Gasteiger partial charge in [0, 0.05) is 23.7 Å². The maximum Gasteiger partial charge on any atom is 0.254 e. The van der Waals surface area contributed by atoms with E-state index in [1.54, 1.807) is 36.8 Å². The van der Waals surface area contributed by atoms with Crippen molar-refractivity contribution >= 4 is 28.8 Å². The molecule has 1 aromatic heterocycles. The van der Waals surface area contributed by atoms with Gasteiger partial charge in [-0.05, 0) is 36.2 Å². The Morgan fingerprint density at radius 2 is 2.00 bits per heavy atom. The van der Waals surface area contributed by atoms with E-state index in [-0.39, 0.29) is 18.4 Å². The van der Waals surface area contributed by atoms with Crippen LogP contribution < -0.4 is 10.1 Å². The van der Waals surface area contributed by atoms with E-state index in [1.807, 2.05) is 36.6 Å². The first kappa shape index (κ1) is 20.5. The van der Waals surface area contributed by atoms with Crippen LogP contribution in [0.3, 0.4) is 0 Å². The number of carbonyl (C=O) groups is 2. The molecule has 0 spiro atoms. The van der Waals surface area contributed by atoms with Gasteiger partial charge in [0.2, 0.25) is 5.91 Å². The maximum atomic E-state index is 12.7. The second kappa shape index (κ2) is 9.84. The SMILES string of the molecule is CCc1ccccc1NC(=O)CN(C)C(=O)c1cccc(OCc2cscn2)c1. The summed E-state index contributed by atoms with van der Waals surface area (Å²) < 4.78 is 5.70. The molecule has 2 aromatic carbocycles. The third kappa shape index (κ3) is 5.65. The average Bonchev–Trinajstić information content (AvgIpc) is 3.26. The van der Waals surface area contributed by atoms with Crippen molar-refractivity contribution in [1.29, 1.82) is 0 Å². The quantitative estimate of drug-likeness (QED) is 0.611. The fraction of sp³-hybridized carbons (Fsp3) is 0.227. The van der Waals surface area contributed by atoms with Crippen molar-refractivity contribution in [2.75, 3.05) is 18.9 Å². The van der Waals surface area contributed by atoms with Crippen LogP contribution in [0.2, 0.25) is 0 Å². The lowest BCUT2D eigenvalue weighted by molar-refractivity contribution is -0.116. The zero-order valence-electron chi connectivity index (χ0n) is 16.4. The van der Waals surface area contributed by atoms with Crippen LogP contribution in [-0.4, -0.2) is 35.3 Å². The number of likely N-dealkylation sites (N-methyl/N-ethyl adjacent to an activating group) is 1. The molecular weight excluding hydrogens is 386 g/mol. The molecule has 0 atom stereocenters. The van der Waals surface area contributed by atoms with Gasteiger partial charge in [0.1, 0.15) is 12.4 Å². The lowest BCUT2D eigenvalue weighted by atomic mass is 10.1. The summed E-state index contributed by atoms with van der Waals surface area (Å²) in [5.41, 5.74) is 4.88. The van der Waals surface area contributed by atoms with E-state index in [4.69, 9.17) is 4.74 Å². The highest BCUT2D eigenvalue weighted by atomic mass is 32.1. The highest BCUT2D eigenvalue weighted by Gasteiger charge is 2.16. The van der Waals surface area contributed by atoms with Crippen molar-refractivity contribution in [3.8, 4) is 5.75 Å². The Morgan fingerprint density at radius 1 is 1.17 bits per heavy atom. The van der Waals surface area contributed by atoms with E-state index in [0.717, 1.165) is 23.4 Å². The Morgan fingerprint density at radius 3 is 2.76 bits per heavy atom. The van der Waals surface area contributed by atoms with Crippen LogP contribution in [0.1, 0.15) is 28.5 Å². The summed E-state index contributed by atoms with van der Waals surface area (Å²) in [7, 11) is 1.61. The van der Waals surface area contributed by atoms with Gasteiger partial charge in [0.25, 0.3) is 5.91 Å². The number of aromatic nitrogens is 1. The van der Waals surface area contributed by atoms with Crippen LogP contribution in [0, 0.1) is 0 Å². The minimum absolute atomic E-state index is 0.0409.